The molecule has 24 heavy (non-hydrogen) atoms. The summed E-state index contributed by atoms with van der Waals surface area (Å²) in [6, 6.07) is 3.43. The van der Waals surface area contributed by atoms with Gasteiger partial charge < -0.3 is 14.7 Å². The molecule has 2 N–H and O–H groups in total. The molecule has 0 aliphatic carbocycles. The second-order valence-corrected chi connectivity index (χ2v) is 7.47. The molecule has 1 aromatic carbocycles. The summed E-state index contributed by atoms with van der Waals surface area (Å²) >= 11 is 0. The Morgan fingerprint density at radius 2 is 2.25 bits per heavy atom. The first kappa shape index (κ1) is 18.8. The van der Waals surface area contributed by atoms with E-state index in [4.69, 9.17) is 4.74 Å². The van der Waals surface area contributed by atoms with E-state index in [-0.39, 0.29) is 23.0 Å². The van der Waals surface area contributed by atoms with E-state index in [1.54, 1.807) is 0 Å². The van der Waals surface area contributed by atoms with E-state index >= 15 is 0 Å². The minimum absolute atomic E-state index is 0.0957. The highest BCUT2D eigenvalue weighted by molar-refractivity contribution is 7.89. The third kappa shape index (κ3) is 4.73. The fraction of sp³-hybridized carbons (Fsp3) is 0.533. The fourth-order valence-corrected chi connectivity index (χ4v) is 3.41. The Bertz CT molecular complexity index is 695. The maximum Gasteiger partial charge on any atom is 0.241 e. The van der Waals surface area contributed by atoms with Crippen molar-refractivity contribution in [2.24, 2.45) is 5.92 Å². The third-order valence-electron chi connectivity index (χ3n) is 3.80. The summed E-state index contributed by atoms with van der Waals surface area (Å²) in [7, 11) is -3.91. The normalized spacial score (nSPS) is 19.1. The van der Waals surface area contributed by atoms with Gasteiger partial charge in [0.25, 0.3) is 0 Å². The predicted octanol–water partition coefficient (Wildman–Crippen LogP) is -0.120. The lowest BCUT2D eigenvalue weighted by molar-refractivity contribution is -0.130. The number of ether oxygens (including phenoxy) is 1. The molecule has 1 saturated heterocycles. The van der Waals surface area contributed by atoms with E-state index < -0.39 is 28.3 Å². The number of sulfonamides is 1. The van der Waals surface area contributed by atoms with E-state index in [0.29, 0.717) is 26.3 Å². The van der Waals surface area contributed by atoms with Gasteiger partial charge in [0.05, 0.1) is 24.7 Å². The molecule has 2 rings (SSSR count). The lowest BCUT2D eigenvalue weighted by Crippen LogP contribution is -2.43. The largest absolute Gasteiger partial charge is 0.396 e. The van der Waals surface area contributed by atoms with Gasteiger partial charge in [0.1, 0.15) is 5.82 Å². The average Bonchev–Trinajstić information content (AvgIpc) is 2.80. The number of amides is 1. The number of nitrogens with one attached hydrogen (secondary N) is 1. The summed E-state index contributed by atoms with van der Waals surface area (Å²) < 4.78 is 45.2. The van der Waals surface area contributed by atoms with Gasteiger partial charge >= 0.3 is 0 Å². The summed E-state index contributed by atoms with van der Waals surface area (Å²) in [5.41, 5.74) is 0.208. The molecule has 1 heterocycles. The molecule has 1 amide bonds. The van der Waals surface area contributed by atoms with Crippen LogP contribution in [0.1, 0.15) is 5.56 Å². The Kier molecular flexibility index (Phi) is 6.27. The number of carbonyl (C=O) groups excluding carboxylic acids is 1. The van der Waals surface area contributed by atoms with Crippen LogP contribution in [0.5, 0.6) is 0 Å². The smallest absolute Gasteiger partial charge is 0.241 e. The van der Waals surface area contributed by atoms with Crippen molar-refractivity contribution >= 4 is 15.9 Å². The number of hydrogen-bond acceptors (Lipinski definition) is 5. The van der Waals surface area contributed by atoms with Crippen LogP contribution >= 0.6 is 0 Å². The monoisotopic (exact) mass is 360 g/mol. The number of benzene rings is 1. The van der Waals surface area contributed by atoms with Gasteiger partial charge in [-0.05, 0) is 30.7 Å². The van der Waals surface area contributed by atoms with Crippen LogP contribution in [0.3, 0.4) is 0 Å². The number of carbonyl (C=O) groups is 1. The van der Waals surface area contributed by atoms with Crippen LogP contribution in [0.15, 0.2) is 23.1 Å². The molecule has 1 fully saturated rings. The number of aliphatic hydroxyl groups is 1. The summed E-state index contributed by atoms with van der Waals surface area (Å²) in [6.07, 6.45) is 0. The summed E-state index contributed by atoms with van der Waals surface area (Å²) in [5.74, 6) is -1.08. The third-order valence-corrected chi connectivity index (χ3v) is 5.20. The average molecular weight is 360 g/mol. The molecule has 134 valence electrons. The first-order valence-electron chi connectivity index (χ1n) is 7.55. The van der Waals surface area contributed by atoms with Crippen LogP contribution < -0.4 is 4.72 Å². The first-order valence-corrected chi connectivity index (χ1v) is 9.04. The van der Waals surface area contributed by atoms with Gasteiger partial charge in [0, 0.05) is 25.6 Å². The Labute approximate surface area is 140 Å². The van der Waals surface area contributed by atoms with Crippen molar-refractivity contribution in [1.29, 1.82) is 0 Å². The lowest BCUT2D eigenvalue weighted by Gasteiger charge is -2.22. The summed E-state index contributed by atoms with van der Waals surface area (Å²) in [5, 5.41) is 9.21. The zero-order valence-corrected chi connectivity index (χ0v) is 14.2. The van der Waals surface area contributed by atoms with Crippen molar-refractivity contribution in [1.82, 2.24) is 9.62 Å². The van der Waals surface area contributed by atoms with Gasteiger partial charge in [-0.2, -0.15) is 0 Å². The van der Waals surface area contributed by atoms with Gasteiger partial charge in [-0.3, -0.25) is 4.79 Å². The maximum absolute atomic E-state index is 13.2. The van der Waals surface area contributed by atoms with Crippen LogP contribution in [0, 0.1) is 18.7 Å². The highest BCUT2D eigenvalue weighted by Crippen LogP contribution is 2.14. The second-order valence-electron chi connectivity index (χ2n) is 5.70. The van der Waals surface area contributed by atoms with Crippen LogP contribution in [0.2, 0.25) is 0 Å². The number of nitrogens with zero attached hydrogens (tertiary/aromatic N) is 1. The number of aryl methyl sites for hydroxylation is 1. The molecule has 1 aliphatic heterocycles. The molecular weight excluding hydrogens is 339 g/mol. The topological polar surface area (TPSA) is 95.9 Å². The highest BCUT2D eigenvalue weighted by Gasteiger charge is 2.24. The van der Waals surface area contributed by atoms with Crippen molar-refractivity contribution < 1.29 is 27.4 Å². The van der Waals surface area contributed by atoms with Crippen molar-refractivity contribution in [3.05, 3.63) is 29.6 Å². The van der Waals surface area contributed by atoms with Crippen LogP contribution in [0.4, 0.5) is 4.39 Å². The Morgan fingerprint density at radius 3 is 2.92 bits per heavy atom. The zero-order valence-electron chi connectivity index (χ0n) is 13.4. The van der Waals surface area contributed by atoms with Crippen molar-refractivity contribution in [3.63, 3.8) is 0 Å². The molecule has 0 aromatic heterocycles. The van der Waals surface area contributed by atoms with E-state index in [9.17, 15) is 22.7 Å². The number of hydrogen-bond donors (Lipinski definition) is 2. The van der Waals surface area contributed by atoms with Crippen LogP contribution in [0.25, 0.3) is 0 Å². The SMILES string of the molecule is Cc1cc(S(=O)(=O)NCC(=O)N2CCOC[C@H](CO)C2)ccc1F. The molecule has 7 nitrogen and oxygen atoms in total. The minimum Gasteiger partial charge on any atom is -0.396 e. The molecule has 0 spiro atoms. The molecule has 0 saturated carbocycles. The quantitative estimate of drug-likeness (QED) is 0.763. The van der Waals surface area contributed by atoms with Crippen molar-refractivity contribution in [2.45, 2.75) is 11.8 Å². The van der Waals surface area contributed by atoms with Crippen molar-refractivity contribution in [3.8, 4) is 0 Å². The van der Waals surface area contributed by atoms with E-state index in [2.05, 4.69) is 4.72 Å². The molecule has 1 aromatic rings. The summed E-state index contributed by atoms with van der Waals surface area (Å²) in [6.45, 7) is 2.31. The van der Waals surface area contributed by atoms with E-state index in [1.165, 1.54) is 17.9 Å². The molecule has 0 radical (unpaired) electrons. The lowest BCUT2D eigenvalue weighted by atomic mass is 10.1. The van der Waals surface area contributed by atoms with Crippen LogP contribution in [-0.4, -0.2) is 63.8 Å². The summed E-state index contributed by atoms with van der Waals surface area (Å²) in [4.78, 5) is 13.6. The first-order chi connectivity index (χ1) is 11.3. The molecule has 1 atom stereocenters. The van der Waals surface area contributed by atoms with Gasteiger partial charge in [-0.15, -0.1) is 0 Å². The number of rotatable bonds is 5. The van der Waals surface area contributed by atoms with Crippen molar-refractivity contribution in [2.75, 3.05) is 39.5 Å². The molecule has 1 aliphatic rings. The predicted molar refractivity (Wildman–Crippen MR) is 84.3 cm³/mol. The molecule has 0 unspecified atom stereocenters. The number of aliphatic hydroxyl groups excluding tert-OH is 1. The Balaban J connectivity index is 2.00. The Morgan fingerprint density at radius 1 is 1.50 bits per heavy atom. The van der Waals surface area contributed by atoms with Crippen LogP contribution in [-0.2, 0) is 19.6 Å². The fourth-order valence-electron chi connectivity index (χ4n) is 2.35. The minimum atomic E-state index is -3.91. The van der Waals surface area contributed by atoms with E-state index in [0.717, 1.165) is 12.1 Å². The maximum atomic E-state index is 13.2. The molecule has 0 bridgehead atoms. The highest BCUT2D eigenvalue weighted by atomic mass is 32.2. The molecule has 9 heteroatoms. The number of halogens is 1. The Hall–Kier alpha value is -1.55. The second kappa shape index (κ2) is 8.02. The standard InChI is InChI=1S/C15H21FN2O5S/c1-11-6-13(2-3-14(11)16)24(21,22)17-7-15(20)18-4-5-23-10-12(8-18)9-19/h2-3,6,12,17,19H,4-5,7-10H2,1H3/t12-/m0/s1. The van der Waals surface area contributed by atoms with Gasteiger partial charge in [-0.25, -0.2) is 17.5 Å². The molecular formula is C15H21FN2O5S. The van der Waals surface area contributed by atoms with Gasteiger partial charge in [-0.1, -0.05) is 0 Å². The zero-order chi connectivity index (χ0) is 17.7. The van der Waals surface area contributed by atoms with E-state index in [1.807, 2.05) is 0 Å². The van der Waals surface area contributed by atoms with Gasteiger partial charge in [0.2, 0.25) is 15.9 Å². The van der Waals surface area contributed by atoms with Gasteiger partial charge in [0.15, 0.2) is 0 Å².